The van der Waals surface area contributed by atoms with Crippen LogP contribution in [-0.2, 0) is 9.59 Å². The van der Waals surface area contributed by atoms with E-state index in [2.05, 4.69) is 5.32 Å². The Bertz CT molecular complexity index is 284. The molecule has 18 heavy (non-hydrogen) atoms. The normalized spacial score (nSPS) is 11.5. The van der Waals surface area contributed by atoms with Crippen molar-refractivity contribution >= 4 is 11.8 Å². The zero-order chi connectivity index (χ0) is 14.3. The minimum atomic E-state index is -1.00. The van der Waals surface area contributed by atoms with Crippen molar-refractivity contribution in [2.24, 2.45) is 5.41 Å². The minimum absolute atomic E-state index is 0.116. The number of rotatable bonds is 7. The summed E-state index contributed by atoms with van der Waals surface area (Å²) in [6.45, 7) is 9.77. The molecule has 106 valence electrons. The second kappa shape index (κ2) is 7.36. The first-order chi connectivity index (χ1) is 8.27. The number of nitrogens with zero attached hydrogens (tertiary/aromatic N) is 2. The van der Waals surface area contributed by atoms with E-state index in [1.807, 2.05) is 32.8 Å². The van der Waals surface area contributed by atoms with Crippen LogP contribution in [0, 0.1) is 5.41 Å². The fourth-order valence-corrected chi connectivity index (χ4v) is 1.62. The Balaban J connectivity index is 4.51. The maximum Gasteiger partial charge on any atom is 0.237 e. The van der Waals surface area contributed by atoms with Crippen molar-refractivity contribution in [1.29, 1.82) is 0 Å². The summed E-state index contributed by atoms with van der Waals surface area (Å²) in [5.41, 5.74) is -1.00. The topological polar surface area (TPSA) is 52.7 Å². The first-order valence-electron chi connectivity index (χ1n) is 6.49. The molecule has 5 nitrogen and oxygen atoms in total. The molecule has 0 rings (SSSR count). The molecule has 0 aliphatic carbocycles. The summed E-state index contributed by atoms with van der Waals surface area (Å²) in [6.07, 6.45) is 0. The summed E-state index contributed by atoms with van der Waals surface area (Å²) in [6, 6.07) is 0. The third-order valence-corrected chi connectivity index (χ3v) is 3.00. The van der Waals surface area contributed by atoms with Gasteiger partial charge in [0.2, 0.25) is 11.8 Å². The lowest BCUT2D eigenvalue weighted by atomic mass is 9.90. The Morgan fingerprint density at radius 3 is 2.00 bits per heavy atom. The van der Waals surface area contributed by atoms with E-state index in [4.69, 9.17) is 0 Å². The van der Waals surface area contributed by atoms with Crippen molar-refractivity contribution in [3.05, 3.63) is 0 Å². The van der Waals surface area contributed by atoms with Gasteiger partial charge in [0.25, 0.3) is 0 Å². The van der Waals surface area contributed by atoms with E-state index in [9.17, 15) is 9.59 Å². The van der Waals surface area contributed by atoms with E-state index in [-0.39, 0.29) is 11.8 Å². The maximum absolute atomic E-state index is 12.2. The summed E-state index contributed by atoms with van der Waals surface area (Å²) >= 11 is 0. The molecule has 0 unspecified atom stereocenters. The highest BCUT2D eigenvalue weighted by atomic mass is 16.2. The number of nitrogens with one attached hydrogen (secondary N) is 1. The van der Waals surface area contributed by atoms with Gasteiger partial charge >= 0.3 is 0 Å². The molecule has 0 bridgehead atoms. The predicted molar refractivity (Wildman–Crippen MR) is 73.3 cm³/mol. The molecule has 2 amide bonds. The molecule has 0 radical (unpaired) electrons. The van der Waals surface area contributed by atoms with Gasteiger partial charge in [-0.05, 0) is 41.8 Å². The zero-order valence-electron chi connectivity index (χ0n) is 12.5. The molecular weight excluding hydrogens is 230 g/mol. The molecule has 0 aliphatic rings. The van der Waals surface area contributed by atoms with Crippen molar-refractivity contribution < 1.29 is 9.59 Å². The summed E-state index contributed by atoms with van der Waals surface area (Å²) in [5, 5.41) is 2.81. The zero-order valence-corrected chi connectivity index (χ0v) is 12.5. The van der Waals surface area contributed by atoms with E-state index < -0.39 is 5.41 Å². The van der Waals surface area contributed by atoms with E-state index in [0.717, 1.165) is 6.54 Å². The van der Waals surface area contributed by atoms with Crippen molar-refractivity contribution in [3.63, 3.8) is 0 Å². The molecule has 0 aromatic rings. The largest absolute Gasteiger partial charge is 0.354 e. The fourth-order valence-electron chi connectivity index (χ4n) is 1.62. The third kappa shape index (κ3) is 4.64. The lowest BCUT2D eigenvalue weighted by molar-refractivity contribution is -0.148. The van der Waals surface area contributed by atoms with Crippen molar-refractivity contribution in [2.45, 2.75) is 27.7 Å². The monoisotopic (exact) mass is 257 g/mol. The SMILES string of the molecule is CCN(CC)C(=O)C(C)(C)C(=O)NCCN(C)C. The first kappa shape index (κ1) is 16.9. The van der Waals surface area contributed by atoms with Gasteiger partial charge in [-0.15, -0.1) is 0 Å². The van der Waals surface area contributed by atoms with Gasteiger partial charge in [0.15, 0.2) is 0 Å². The molecule has 0 aromatic carbocycles. The highest BCUT2D eigenvalue weighted by Crippen LogP contribution is 2.19. The van der Waals surface area contributed by atoms with E-state index >= 15 is 0 Å². The number of likely N-dealkylation sites (N-methyl/N-ethyl adjacent to an activating group) is 1. The van der Waals surface area contributed by atoms with Crippen LogP contribution in [0.1, 0.15) is 27.7 Å². The summed E-state index contributed by atoms with van der Waals surface area (Å²) in [5.74, 6) is -0.323. The van der Waals surface area contributed by atoms with Crippen LogP contribution in [0.5, 0.6) is 0 Å². The molecule has 0 atom stereocenters. The van der Waals surface area contributed by atoms with E-state index in [0.29, 0.717) is 19.6 Å². The van der Waals surface area contributed by atoms with Gasteiger partial charge in [-0.2, -0.15) is 0 Å². The van der Waals surface area contributed by atoms with Gasteiger partial charge in [-0.3, -0.25) is 9.59 Å². The van der Waals surface area contributed by atoms with Crippen LogP contribution in [0.3, 0.4) is 0 Å². The van der Waals surface area contributed by atoms with Crippen molar-refractivity contribution in [1.82, 2.24) is 15.1 Å². The average molecular weight is 257 g/mol. The first-order valence-corrected chi connectivity index (χ1v) is 6.49. The van der Waals surface area contributed by atoms with Gasteiger partial charge in [-0.1, -0.05) is 0 Å². The average Bonchev–Trinajstić information content (AvgIpc) is 2.29. The molecule has 0 saturated carbocycles. The molecule has 5 heteroatoms. The Morgan fingerprint density at radius 2 is 1.61 bits per heavy atom. The van der Waals surface area contributed by atoms with Crippen LogP contribution in [0.25, 0.3) is 0 Å². The lowest BCUT2D eigenvalue weighted by Gasteiger charge is -2.29. The number of carbonyl (C=O) groups is 2. The Hall–Kier alpha value is -1.10. The van der Waals surface area contributed by atoms with Crippen LogP contribution < -0.4 is 5.32 Å². The number of hydrogen-bond donors (Lipinski definition) is 1. The molecule has 0 aromatic heterocycles. The molecule has 1 N–H and O–H groups in total. The van der Waals surface area contributed by atoms with Crippen LogP contribution in [0.15, 0.2) is 0 Å². The summed E-state index contributed by atoms with van der Waals surface area (Å²) < 4.78 is 0. The van der Waals surface area contributed by atoms with Crippen molar-refractivity contribution in [2.75, 3.05) is 40.3 Å². The molecule has 0 aliphatic heterocycles. The lowest BCUT2D eigenvalue weighted by Crippen LogP contribution is -2.50. The number of carbonyl (C=O) groups excluding carboxylic acids is 2. The summed E-state index contributed by atoms with van der Waals surface area (Å²) in [7, 11) is 3.89. The van der Waals surface area contributed by atoms with E-state index in [1.54, 1.807) is 18.7 Å². The molecule has 0 spiro atoms. The molecule has 0 saturated heterocycles. The van der Waals surface area contributed by atoms with Gasteiger partial charge in [0.1, 0.15) is 5.41 Å². The van der Waals surface area contributed by atoms with Crippen LogP contribution in [-0.4, -0.2) is 61.9 Å². The van der Waals surface area contributed by atoms with Crippen molar-refractivity contribution in [3.8, 4) is 0 Å². The Kier molecular flexibility index (Phi) is 6.91. The second-order valence-electron chi connectivity index (χ2n) is 5.16. The van der Waals surface area contributed by atoms with Crippen LogP contribution in [0.2, 0.25) is 0 Å². The molecule has 0 fully saturated rings. The number of hydrogen-bond acceptors (Lipinski definition) is 3. The summed E-state index contributed by atoms with van der Waals surface area (Å²) in [4.78, 5) is 27.9. The van der Waals surface area contributed by atoms with Gasteiger partial charge < -0.3 is 15.1 Å². The highest BCUT2D eigenvalue weighted by Gasteiger charge is 2.38. The molecule has 0 heterocycles. The quantitative estimate of drug-likeness (QED) is 0.678. The molecular formula is C13H27N3O2. The maximum atomic E-state index is 12.2. The minimum Gasteiger partial charge on any atom is -0.354 e. The van der Waals surface area contributed by atoms with Gasteiger partial charge in [0.05, 0.1) is 0 Å². The van der Waals surface area contributed by atoms with Gasteiger partial charge in [0, 0.05) is 26.2 Å². The highest BCUT2D eigenvalue weighted by molar-refractivity contribution is 6.04. The standard InChI is InChI=1S/C13H27N3O2/c1-7-16(8-2)12(18)13(3,4)11(17)14-9-10-15(5)6/h7-10H2,1-6H3,(H,14,17). The van der Waals surface area contributed by atoms with E-state index in [1.165, 1.54) is 0 Å². The van der Waals surface area contributed by atoms with Crippen LogP contribution in [0.4, 0.5) is 0 Å². The number of amides is 2. The second-order valence-corrected chi connectivity index (χ2v) is 5.16. The third-order valence-electron chi connectivity index (χ3n) is 3.00. The van der Waals surface area contributed by atoms with Crippen LogP contribution >= 0.6 is 0 Å². The Labute approximate surface area is 111 Å². The fraction of sp³-hybridized carbons (Fsp3) is 0.846. The predicted octanol–water partition coefficient (Wildman–Crippen LogP) is 0.559. The van der Waals surface area contributed by atoms with Gasteiger partial charge in [-0.25, -0.2) is 0 Å². The smallest absolute Gasteiger partial charge is 0.237 e. The Morgan fingerprint density at radius 1 is 1.11 bits per heavy atom.